The van der Waals surface area contributed by atoms with Crippen LogP contribution in [0.3, 0.4) is 0 Å². The number of hydrogen-bond acceptors (Lipinski definition) is 1. The smallest absolute Gasteiger partial charge is 0.258 e. The van der Waals surface area contributed by atoms with Gasteiger partial charge in [0.2, 0.25) is 0 Å². The Hall–Kier alpha value is -1.68. The number of hydrogen-bond donors (Lipinski definition) is 0. The number of benzene rings is 2. The molecule has 104 valence electrons. The monoisotopic (exact) mass is 335 g/mol. The third kappa shape index (κ3) is 3.25. The van der Waals surface area contributed by atoms with E-state index in [0.717, 1.165) is 10.9 Å². The van der Waals surface area contributed by atoms with Gasteiger partial charge >= 0.3 is 0 Å². The molecule has 0 aromatic heterocycles. The highest BCUT2D eigenvalue weighted by Crippen LogP contribution is 2.18. The highest BCUT2D eigenvalue weighted by molar-refractivity contribution is 9.08. The van der Waals surface area contributed by atoms with E-state index in [2.05, 4.69) is 15.9 Å². The summed E-state index contributed by atoms with van der Waals surface area (Å²) in [5, 5.41) is 0.761. The van der Waals surface area contributed by atoms with Crippen molar-refractivity contribution in [3.05, 3.63) is 65.5 Å². The van der Waals surface area contributed by atoms with Gasteiger partial charge in [-0.25, -0.2) is 4.39 Å². The fourth-order valence-corrected chi connectivity index (χ4v) is 2.33. The Morgan fingerprint density at radius 3 is 2.20 bits per heavy atom. The predicted octanol–water partition coefficient (Wildman–Crippen LogP) is 4.39. The zero-order chi connectivity index (χ0) is 14.5. The lowest BCUT2D eigenvalue weighted by atomic mass is 10.1. The van der Waals surface area contributed by atoms with Crippen LogP contribution < -0.4 is 4.90 Å². The van der Waals surface area contributed by atoms with E-state index >= 15 is 0 Å². The number of nitrogens with zero attached hydrogens (tertiary/aromatic N) is 1. The third-order valence-electron chi connectivity index (χ3n) is 3.05. The van der Waals surface area contributed by atoms with Crippen molar-refractivity contribution in [2.24, 2.45) is 0 Å². The summed E-state index contributed by atoms with van der Waals surface area (Å²) in [4.78, 5) is 14.1. The van der Waals surface area contributed by atoms with Crippen molar-refractivity contribution in [2.75, 3.05) is 11.4 Å². The van der Waals surface area contributed by atoms with E-state index in [1.807, 2.05) is 31.2 Å². The fraction of sp³-hybridized carbons (Fsp3) is 0.188. The van der Waals surface area contributed by atoms with Gasteiger partial charge in [-0.05, 0) is 48.9 Å². The van der Waals surface area contributed by atoms with Crippen LogP contribution in [0.15, 0.2) is 48.5 Å². The molecule has 0 fully saturated rings. The van der Waals surface area contributed by atoms with E-state index < -0.39 is 0 Å². The van der Waals surface area contributed by atoms with Crippen LogP contribution in [-0.2, 0) is 5.33 Å². The molecule has 0 radical (unpaired) electrons. The van der Waals surface area contributed by atoms with Gasteiger partial charge < -0.3 is 4.90 Å². The number of carbonyl (C=O) groups is 1. The summed E-state index contributed by atoms with van der Waals surface area (Å²) in [5.74, 6) is -0.390. The molecule has 0 spiro atoms. The van der Waals surface area contributed by atoms with Crippen LogP contribution in [0.25, 0.3) is 0 Å². The van der Waals surface area contributed by atoms with Crippen molar-refractivity contribution >= 4 is 27.5 Å². The molecule has 20 heavy (non-hydrogen) atoms. The topological polar surface area (TPSA) is 20.3 Å². The van der Waals surface area contributed by atoms with Gasteiger partial charge in [-0.3, -0.25) is 4.79 Å². The molecule has 0 saturated carbocycles. The van der Waals surface area contributed by atoms with E-state index in [1.165, 1.54) is 12.1 Å². The number of anilines is 1. The summed E-state index contributed by atoms with van der Waals surface area (Å²) >= 11 is 3.37. The van der Waals surface area contributed by atoms with Crippen LogP contribution in [0.5, 0.6) is 0 Å². The van der Waals surface area contributed by atoms with Crippen LogP contribution in [0.4, 0.5) is 10.1 Å². The van der Waals surface area contributed by atoms with Crippen molar-refractivity contribution in [3.8, 4) is 0 Å². The molecule has 0 atom stereocenters. The quantitative estimate of drug-likeness (QED) is 0.759. The van der Waals surface area contributed by atoms with Crippen molar-refractivity contribution in [1.29, 1.82) is 0 Å². The molecule has 0 aliphatic heterocycles. The Morgan fingerprint density at radius 1 is 1.10 bits per heavy atom. The summed E-state index contributed by atoms with van der Waals surface area (Å²) in [7, 11) is 0. The van der Waals surface area contributed by atoms with E-state index in [1.54, 1.807) is 17.0 Å². The van der Waals surface area contributed by atoms with Crippen LogP contribution in [-0.4, -0.2) is 12.5 Å². The van der Waals surface area contributed by atoms with Gasteiger partial charge in [0.05, 0.1) is 0 Å². The predicted molar refractivity (Wildman–Crippen MR) is 82.8 cm³/mol. The normalized spacial score (nSPS) is 10.3. The molecule has 2 aromatic rings. The number of halogens is 2. The molecule has 0 aliphatic rings. The largest absolute Gasteiger partial charge is 0.309 e. The third-order valence-corrected chi connectivity index (χ3v) is 3.70. The summed E-state index contributed by atoms with van der Waals surface area (Å²) in [5.41, 5.74) is 2.44. The highest BCUT2D eigenvalue weighted by Gasteiger charge is 2.15. The minimum Gasteiger partial charge on any atom is -0.309 e. The van der Waals surface area contributed by atoms with Crippen LogP contribution >= 0.6 is 15.9 Å². The summed E-state index contributed by atoms with van der Waals surface area (Å²) in [6.07, 6.45) is 0. The average molecular weight is 336 g/mol. The Bertz CT molecular complexity index is 580. The van der Waals surface area contributed by atoms with Crippen LogP contribution in [0.1, 0.15) is 22.8 Å². The minimum absolute atomic E-state index is 0.0831. The molecule has 0 heterocycles. The molecule has 0 unspecified atom stereocenters. The summed E-state index contributed by atoms with van der Waals surface area (Å²) in [6.45, 7) is 2.43. The van der Waals surface area contributed by atoms with Crippen LogP contribution in [0.2, 0.25) is 0 Å². The van der Waals surface area contributed by atoms with E-state index in [9.17, 15) is 9.18 Å². The Balaban J connectivity index is 2.26. The van der Waals surface area contributed by atoms with Crippen LogP contribution in [0, 0.1) is 5.82 Å². The summed E-state index contributed by atoms with van der Waals surface area (Å²) in [6, 6.07) is 13.4. The van der Waals surface area contributed by atoms with Crippen molar-refractivity contribution < 1.29 is 9.18 Å². The van der Waals surface area contributed by atoms with Gasteiger partial charge in [0, 0.05) is 23.1 Å². The first-order valence-corrected chi connectivity index (χ1v) is 7.50. The van der Waals surface area contributed by atoms with Gasteiger partial charge in [0.15, 0.2) is 0 Å². The average Bonchev–Trinajstić information content (AvgIpc) is 2.50. The standard InChI is InChI=1S/C16H15BrFNO/c1-2-19(15-9-7-14(18)8-10-15)16(20)13-5-3-12(11-17)4-6-13/h3-10H,2,11H2,1H3. The molecule has 1 amide bonds. The van der Waals surface area contributed by atoms with Gasteiger partial charge in [-0.1, -0.05) is 28.1 Å². The Kier molecular flexibility index (Phi) is 4.90. The highest BCUT2D eigenvalue weighted by atomic mass is 79.9. The van der Waals surface area contributed by atoms with Crippen molar-refractivity contribution in [3.63, 3.8) is 0 Å². The van der Waals surface area contributed by atoms with E-state index in [-0.39, 0.29) is 11.7 Å². The maximum absolute atomic E-state index is 13.0. The number of amides is 1. The lowest BCUT2D eigenvalue weighted by Gasteiger charge is -2.21. The van der Waals surface area contributed by atoms with Gasteiger partial charge in [0.1, 0.15) is 5.82 Å². The van der Waals surface area contributed by atoms with E-state index in [4.69, 9.17) is 0 Å². The summed E-state index contributed by atoms with van der Waals surface area (Å²) < 4.78 is 13.0. The van der Waals surface area contributed by atoms with Gasteiger partial charge in [-0.2, -0.15) is 0 Å². The lowest BCUT2D eigenvalue weighted by Crippen LogP contribution is -2.30. The molecule has 0 saturated heterocycles. The second-order valence-electron chi connectivity index (χ2n) is 4.36. The molecule has 2 aromatic carbocycles. The second-order valence-corrected chi connectivity index (χ2v) is 4.92. The lowest BCUT2D eigenvalue weighted by molar-refractivity contribution is 0.0988. The Labute approximate surface area is 126 Å². The molecule has 0 bridgehead atoms. The first kappa shape index (κ1) is 14.7. The number of rotatable bonds is 4. The maximum Gasteiger partial charge on any atom is 0.258 e. The zero-order valence-corrected chi connectivity index (χ0v) is 12.7. The molecule has 2 nitrogen and oxygen atoms in total. The molecule has 2 rings (SSSR count). The van der Waals surface area contributed by atoms with Gasteiger partial charge in [0.25, 0.3) is 5.91 Å². The second kappa shape index (κ2) is 6.66. The van der Waals surface area contributed by atoms with Gasteiger partial charge in [-0.15, -0.1) is 0 Å². The first-order chi connectivity index (χ1) is 9.65. The molecule has 0 N–H and O–H groups in total. The van der Waals surface area contributed by atoms with Crippen molar-refractivity contribution in [2.45, 2.75) is 12.3 Å². The maximum atomic E-state index is 13.0. The number of alkyl halides is 1. The molecule has 0 aliphatic carbocycles. The Morgan fingerprint density at radius 2 is 1.70 bits per heavy atom. The molecular formula is C16H15BrFNO. The molecule has 4 heteroatoms. The molecular weight excluding hydrogens is 321 g/mol. The minimum atomic E-state index is -0.307. The first-order valence-electron chi connectivity index (χ1n) is 6.38. The zero-order valence-electron chi connectivity index (χ0n) is 11.1. The van der Waals surface area contributed by atoms with E-state index in [0.29, 0.717) is 17.8 Å². The van der Waals surface area contributed by atoms with Crippen molar-refractivity contribution in [1.82, 2.24) is 0 Å². The SMILES string of the molecule is CCN(C(=O)c1ccc(CBr)cc1)c1ccc(F)cc1. The number of carbonyl (C=O) groups excluding carboxylic acids is 1. The fourth-order valence-electron chi connectivity index (χ4n) is 1.96.